The second-order valence-corrected chi connectivity index (χ2v) is 7.09. The summed E-state index contributed by atoms with van der Waals surface area (Å²) in [5.74, 6) is 3.26. The van der Waals surface area contributed by atoms with E-state index < -0.39 is 12.1 Å². The van der Waals surface area contributed by atoms with Crippen LogP contribution in [0.5, 0.6) is 11.5 Å². The average Bonchev–Trinajstić information content (AvgIpc) is 2.85. The molecule has 1 heterocycles. The molecule has 0 saturated heterocycles. The molecule has 3 rings (SSSR count). The van der Waals surface area contributed by atoms with Crippen LogP contribution in [0.4, 0.5) is 11.5 Å². The summed E-state index contributed by atoms with van der Waals surface area (Å²) >= 11 is 0. The number of nitrogens with one attached hydrogen (secondary N) is 1. The predicted molar refractivity (Wildman–Crippen MR) is 131 cm³/mol. The van der Waals surface area contributed by atoms with Gasteiger partial charge in [-0.1, -0.05) is 12.0 Å². The number of aliphatic hydroxyl groups excluding tert-OH is 1. The molecule has 10 heteroatoms. The fourth-order valence-electron chi connectivity index (χ4n) is 2.68. The number of rotatable bonds is 11. The van der Waals surface area contributed by atoms with Crippen LogP contribution < -0.4 is 14.8 Å². The molecule has 3 N–H and O–H groups in total. The van der Waals surface area contributed by atoms with Gasteiger partial charge in [-0.05, 0) is 31.2 Å². The molecule has 0 radical (unpaired) electrons. The molecule has 3 aromatic rings. The van der Waals surface area contributed by atoms with Gasteiger partial charge in [0.25, 0.3) is 0 Å². The standard InChI is InChI=1S/C22H23N3O4.C3H6O3/c1-4-16-6-5-7-17(12-16)25-22-18-13-20(28-10-8-26-2)21(29-11-9-27-3)14-19(18)23-15-24-22;1-2(4)3(5)6/h1,5-7,12-15H,8-11H2,2-3H3,(H,23,24,25);2,4H,1H3,(H,5,6). The first-order valence-corrected chi connectivity index (χ1v) is 10.7. The Labute approximate surface area is 203 Å². The molecule has 186 valence electrons. The molecule has 0 fully saturated rings. The van der Waals surface area contributed by atoms with Crippen LogP contribution in [0.15, 0.2) is 42.7 Å². The highest BCUT2D eigenvalue weighted by molar-refractivity contribution is 5.93. The zero-order chi connectivity index (χ0) is 25.6. The van der Waals surface area contributed by atoms with Crippen molar-refractivity contribution in [3.8, 4) is 23.8 Å². The number of anilines is 2. The van der Waals surface area contributed by atoms with Gasteiger partial charge in [0.15, 0.2) is 11.5 Å². The number of nitrogens with zero attached hydrogens (tertiary/aromatic N) is 2. The van der Waals surface area contributed by atoms with Crippen molar-refractivity contribution in [2.24, 2.45) is 0 Å². The zero-order valence-corrected chi connectivity index (χ0v) is 19.9. The molecular weight excluding hydrogens is 454 g/mol. The Morgan fingerprint density at radius 2 is 1.69 bits per heavy atom. The Kier molecular flexibility index (Phi) is 11.2. The number of hydrogen-bond donors (Lipinski definition) is 3. The molecule has 0 aliphatic carbocycles. The maximum Gasteiger partial charge on any atom is 0.332 e. The third-order valence-electron chi connectivity index (χ3n) is 4.44. The van der Waals surface area contributed by atoms with Gasteiger partial charge in [-0.3, -0.25) is 0 Å². The van der Waals surface area contributed by atoms with Crippen LogP contribution in [-0.4, -0.2) is 72.9 Å². The van der Waals surface area contributed by atoms with Crippen molar-refractivity contribution in [1.82, 2.24) is 9.97 Å². The zero-order valence-electron chi connectivity index (χ0n) is 19.9. The fraction of sp³-hybridized carbons (Fsp3) is 0.320. The third-order valence-corrected chi connectivity index (χ3v) is 4.44. The van der Waals surface area contributed by atoms with Gasteiger partial charge >= 0.3 is 5.97 Å². The van der Waals surface area contributed by atoms with Crippen molar-refractivity contribution < 1.29 is 34.0 Å². The summed E-state index contributed by atoms with van der Waals surface area (Å²) in [4.78, 5) is 18.2. The summed E-state index contributed by atoms with van der Waals surface area (Å²) in [6, 6.07) is 11.3. The van der Waals surface area contributed by atoms with E-state index in [1.165, 1.54) is 13.3 Å². The molecule has 0 aliphatic heterocycles. The first-order valence-electron chi connectivity index (χ1n) is 10.7. The highest BCUT2D eigenvalue weighted by Crippen LogP contribution is 2.35. The van der Waals surface area contributed by atoms with Crippen LogP contribution in [0, 0.1) is 12.3 Å². The van der Waals surface area contributed by atoms with Gasteiger partial charge in [-0.15, -0.1) is 6.42 Å². The quantitative estimate of drug-likeness (QED) is 0.276. The number of terminal acetylenes is 1. The summed E-state index contributed by atoms with van der Waals surface area (Å²) in [5.41, 5.74) is 2.34. The van der Waals surface area contributed by atoms with E-state index in [1.54, 1.807) is 14.2 Å². The number of benzene rings is 2. The highest BCUT2D eigenvalue weighted by Gasteiger charge is 2.13. The molecule has 0 amide bonds. The van der Waals surface area contributed by atoms with Gasteiger partial charge in [-0.25, -0.2) is 14.8 Å². The van der Waals surface area contributed by atoms with Crippen molar-refractivity contribution in [1.29, 1.82) is 0 Å². The van der Waals surface area contributed by atoms with Crippen LogP contribution in [0.25, 0.3) is 10.9 Å². The van der Waals surface area contributed by atoms with Crippen molar-refractivity contribution >= 4 is 28.4 Å². The summed E-state index contributed by atoms with van der Waals surface area (Å²) in [5, 5.41) is 19.9. The Morgan fingerprint density at radius 3 is 2.26 bits per heavy atom. The molecule has 0 bridgehead atoms. The maximum atomic E-state index is 9.45. The lowest BCUT2D eigenvalue weighted by molar-refractivity contribution is -0.145. The number of methoxy groups -OCH3 is 2. The largest absolute Gasteiger partial charge is 0.487 e. The summed E-state index contributed by atoms with van der Waals surface area (Å²) < 4.78 is 21.8. The monoisotopic (exact) mass is 483 g/mol. The van der Waals surface area contributed by atoms with Gasteiger partial charge < -0.3 is 34.5 Å². The Hall–Kier alpha value is -3.91. The number of carboxylic acids is 1. The smallest absolute Gasteiger partial charge is 0.332 e. The summed E-state index contributed by atoms with van der Waals surface area (Å²) in [6.07, 6.45) is 5.76. The lowest BCUT2D eigenvalue weighted by Gasteiger charge is -2.15. The second kappa shape index (κ2) is 14.4. The lowest BCUT2D eigenvalue weighted by Crippen LogP contribution is -2.13. The van der Waals surface area contributed by atoms with Gasteiger partial charge in [0, 0.05) is 36.9 Å². The van der Waals surface area contributed by atoms with E-state index in [9.17, 15) is 4.79 Å². The normalized spacial score (nSPS) is 11.1. The first kappa shape index (κ1) is 27.3. The van der Waals surface area contributed by atoms with E-state index in [0.717, 1.165) is 22.2 Å². The molecule has 0 spiro atoms. The van der Waals surface area contributed by atoms with Crippen LogP contribution in [0.3, 0.4) is 0 Å². The minimum absolute atomic E-state index is 0.392. The molecule has 0 aliphatic rings. The summed E-state index contributed by atoms with van der Waals surface area (Å²) in [6.45, 7) is 2.92. The molecule has 1 atom stereocenters. The van der Waals surface area contributed by atoms with Crippen molar-refractivity contribution in [3.05, 3.63) is 48.3 Å². The first-order chi connectivity index (χ1) is 16.9. The Balaban J connectivity index is 0.000000641. The fourth-order valence-corrected chi connectivity index (χ4v) is 2.68. The second-order valence-electron chi connectivity index (χ2n) is 7.09. The van der Waals surface area contributed by atoms with Crippen LogP contribution in [-0.2, 0) is 14.3 Å². The van der Waals surface area contributed by atoms with Crippen molar-refractivity contribution in [3.63, 3.8) is 0 Å². The van der Waals surface area contributed by atoms with Crippen LogP contribution in [0.1, 0.15) is 12.5 Å². The number of ether oxygens (including phenoxy) is 4. The summed E-state index contributed by atoms with van der Waals surface area (Å²) in [7, 11) is 3.25. The number of carbonyl (C=O) groups is 1. The third kappa shape index (κ3) is 8.75. The number of aromatic nitrogens is 2. The molecule has 0 saturated carbocycles. The number of hydrogen-bond acceptors (Lipinski definition) is 9. The Morgan fingerprint density at radius 1 is 1.06 bits per heavy atom. The van der Waals surface area contributed by atoms with Gasteiger partial charge in [0.05, 0.1) is 18.7 Å². The molecule has 2 aromatic carbocycles. The average molecular weight is 484 g/mol. The number of carboxylic acid groups (broad SMARTS) is 1. The SMILES string of the molecule is C#Cc1cccc(Nc2ncnc3cc(OCCOC)c(OCCOC)cc23)c1.CC(O)C(=O)O. The maximum absolute atomic E-state index is 9.45. The van der Waals surface area contributed by atoms with Gasteiger partial charge in [0.2, 0.25) is 0 Å². The number of aliphatic hydroxyl groups is 1. The lowest BCUT2D eigenvalue weighted by atomic mass is 10.2. The predicted octanol–water partition coefficient (Wildman–Crippen LogP) is 2.86. The Bertz CT molecular complexity index is 1150. The highest BCUT2D eigenvalue weighted by atomic mass is 16.5. The minimum Gasteiger partial charge on any atom is -0.487 e. The number of aliphatic carboxylic acids is 1. The minimum atomic E-state index is -1.23. The number of fused-ring (bicyclic) bond motifs is 1. The topological polar surface area (TPSA) is 132 Å². The van der Waals surface area contributed by atoms with E-state index in [4.69, 9.17) is 35.6 Å². The van der Waals surface area contributed by atoms with E-state index in [-0.39, 0.29) is 0 Å². The van der Waals surface area contributed by atoms with Crippen LogP contribution >= 0.6 is 0 Å². The van der Waals surface area contributed by atoms with Crippen molar-refractivity contribution in [2.45, 2.75) is 13.0 Å². The molecule has 1 unspecified atom stereocenters. The molecular formula is C25H29N3O7. The van der Waals surface area contributed by atoms with Gasteiger partial charge in [0.1, 0.15) is 31.5 Å². The van der Waals surface area contributed by atoms with Crippen molar-refractivity contribution in [2.75, 3.05) is 46.0 Å². The van der Waals surface area contributed by atoms with E-state index >= 15 is 0 Å². The van der Waals surface area contributed by atoms with E-state index in [0.29, 0.717) is 43.7 Å². The molecule has 35 heavy (non-hydrogen) atoms. The van der Waals surface area contributed by atoms with E-state index in [2.05, 4.69) is 21.2 Å². The van der Waals surface area contributed by atoms with E-state index in [1.807, 2.05) is 36.4 Å². The van der Waals surface area contributed by atoms with Gasteiger partial charge in [-0.2, -0.15) is 0 Å². The van der Waals surface area contributed by atoms with Crippen LogP contribution in [0.2, 0.25) is 0 Å². The molecule has 1 aromatic heterocycles. The molecule has 10 nitrogen and oxygen atoms in total.